The molecule has 0 spiro atoms. The Hall–Kier alpha value is -3.38. The van der Waals surface area contributed by atoms with E-state index in [0.717, 1.165) is 35.5 Å². The second kappa shape index (κ2) is 8.78. The topological polar surface area (TPSA) is 59.8 Å². The second-order valence-electron chi connectivity index (χ2n) is 7.53. The highest BCUT2D eigenvalue weighted by atomic mass is 32.2. The fraction of sp³-hybridized carbons (Fsp3) is 0.160. The Morgan fingerprint density at radius 2 is 1.48 bits per heavy atom. The molecule has 0 saturated heterocycles. The number of amides is 1. The number of carbonyl (C=O) groups is 1. The molecule has 4 aromatic rings. The van der Waals surface area contributed by atoms with Gasteiger partial charge in [0.1, 0.15) is 5.25 Å². The van der Waals surface area contributed by atoms with Gasteiger partial charge < -0.3 is 5.32 Å². The Bertz CT molecular complexity index is 1160. The van der Waals surface area contributed by atoms with E-state index in [1.165, 1.54) is 11.8 Å². The highest BCUT2D eigenvalue weighted by molar-refractivity contribution is 8.00. The lowest BCUT2D eigenvalue weighted by Gasteiger charge is -2.17. The van der Waals surface area contributed by atoms with E-state index >= 15 is 0 Å². The van der Waals surface area contributed by atoms with Gasteiger partial charge in [0.25, 0.3) is 0 Å². The first-order chi connectivity index (χ1) is 15.3. The van der Waals surface area contributed by atoms with Crippen molar-refractivity contribution in [3.8, 4) is 17.1 Å². The Kier molecular flexibility index (Phi) is 5.54. The third-order valence-corrected chi connectivity index (χ3v) is 6.36. The molecule has 1 unspecified atom stereocenters. The van der Waals surface area contributed by atoms with Crippen molar-refractivity contribution in [1.29, 1.82) is 0 Å². The van der Waals surface area contributed by atoms with Gasteiger partial charge in [-0.05, 0) is 30.5 Å². The first-order valence-corrected chi connectivity index (χ1v) is 11.3. The molecule has 1 amide bonds. The average molecular weight is 427 g/mol. The number of rotatable bonds is 7. The molecule has 1 aliphatic carbocycles. The van der Waals surface area contributed by atoms with Crippen LogP contribution >= 0.6 is 11.8 Å². The van der Waals surface area contributed by atoms with E-state index in [-0.39, 0.29) is 5.91 Å². The van der Waals surface area contributed by atoms with Crippen molar-refractivity contribution in [1.82, 2.24) is 20.1 Å². The van der Waals surface area contributed by atoms with Crippen molar-refractivity contribution < 1.29 is 4.79 Å². The molecule has 1 heterocycles. The molecular formula is C25H22N4OS. The number of nitrogens with zero attached hydrogens (tertiary/aromatic N) is 3. The zero-order chi connectivity index (χ0) is 21.0. The van der Waals surface area contributed by atoms with E-state index in [1.807, 2.05) is 95.6 Å². The predicted molar refractivity (Wildman–Crippen MR) is 123 cm³/mol. The largest absolute Gasteiger partial charge is 0.352 e. The van der Waals surface area contributed by atoms with Crippen LogP contribution < -0.4 is 5.32 Å². The zero-order valence-electron chi connectivity index (χ0n) is 16.9. The van der Waals surface area contributed by atoms with Gasteiger partial charge in [0.2, 0.25) is 5.91 Å². The maximum Gasteiger partial charge on any atom is 0.238 e. The molecule has 1 aromatic heterocycles. The van der Waals surface area contributed by atoms with Crippen LogP contribution in [0.4, 0.5) is 0 Å². The van der Waals surface area contributed by atoms with Crippen LogP contribution in [0.5, 0.6) is 0 Å². The number of hydrogen-bond acceptors (Lipinski definition) is 4. The maximum atomic E-state index is 13.1. The van der Waals surface area contributed by atoms with Crippen LogP contribution in [0.1, 0.15) is 23.7 Å². The van der Waals surface area contributed by atoms with Gasteiger partial charge in [0.15, 0.2) is 11.0 Å². The zero-order valence-corrected chi connectivity index (χ0v) is 17.7. The lowest BCUT2D eigenvalue weighted by molar-refractivity contribution is -0.120. The number of benzene rings is 3. The molecule has 3 aromatic carbocycles. The SMILES string of the molecule is O=C(NC1CC1)C(Sc1nnc(-c2ccccc2)n1-c1ccccc1)c1ccccc1. The van der Waals surface area contributed by atoms with Crippen molar-refractivity contribution >= 4 is 17.7 Å². The summed E-state index contributed by atoms with van der Waals surface area (Å²) in [6.07, 6.45) is 2.10. The molecule has 31 heavy (non-hydrogen) atoms. The van der Waals surface area contributed by atoms with Gasteiger partial charge in [-0.2, -0.15) is 0 Å². The maximum absolute atomic E-state index is 13.1. The number of nitrogens with one attached hydrogen (secondary N) is 1. The van der Waals surface area contributed by atoms with Crippen molar-refractivity contribution in [3.05, 3.63) is 96.6 Å². The van der Waals surface area contributed by atoms with Crippen molar-refractivity contribution in [2.24, 2.45) is 0 Å². The molecule has 1 saturated carbocycles. The van der Waals surface area contributed by atoms with Crippen LogP contribution in [0, 0.1) is 0 Å². The Balaban J connectivity index is 1.57. The Morgan fingerprint density at radius 1 is 0.871 bits per heavy atom. The normalized spacial score (nSPS) is 14.2. The monoisotopic (exact) mass is 426 g/mol. The summed E-state index contributed by atoms with van der Waals surface area (Å²) in [7, 11) is 0. The summed E-state index contributed by atoms with van der Waals surface area (Å²) >= 11 is 1.43. The second-order valence-corrected chi connectivity index (χ2v) is 8.61. The summed E-state index contributed by atoms with van der Waals surface area (Å²) in [4.78, 5) is 13.1. The fourth-order valence-corrected chi connectivity index (χ4v) is 4.51. The quantitative estimate of drug-likeness (QED) is 0.420. The van der Waals surface area contributed by atoms with E-state index < -0.39 is 5.25 Å². The molecule has 0 aliphatic heterocycles. The highest BCUT2D eigenvalue weighted by Gasteiger charge is 2.31. The van der Waals surface area contributed by atoms with E-state index in [2.05, 4.69) is 15.5 Å². The number of carbonyl (C=O) groups excluding carboxylic acids is 1. The van der Waals surface area contributed by atoms with Gasteiger partial charge >= 0.3 is 0 Å². The molecule has 5 nitrogen and oxygen atoms in total. The summed E-state index contributed by atoms with van der Waals surface area (Å²) in [5.74, 6) is 0.770. The number of thioether (sulfide) groups is 1. The Morgan fingerprint density at radius 3 is 2.13 bits per heavy atom. The molecule has 0 radical (unpaired) electrons. The minimum atomic E-state index is -0.405. The van der Waals surface area contributed by atoms with Crippen LogP contribution in [-0.4, -0.2) is 26.7 Å². The van der Waals surface area contributed by atoms with Gasteiger partial charge in [0, 0.05) is 17.3 Å². The van der Waals surface area contributed by atoms with E-state index in [1.54, 1.807) is 0 Å². The van der Waals surface area contributed by atoms with Crippen molar-refractivity contribution in [3.63, 3.8) is 0 Å². The summed E-state index contributed by atoms with van der Waals surface area (Å²) in [6, 6.07) is 30.2. The molecule has 1 aliphatic rings. The molecule has 6 heteroatoms. The third kappa shape index (κ3) is 4.39. The minimum absolute atomic E-state index is 0.0163. The molecule has 1 atom stereocenters. The van der Waals surface area contributed by atoms with Crippen molar-refractivity contribution in [2.75, 3.05) is 0 Å². The van der Waals surface area contributed by atoms with Gasteiger partial charge in [-0.1, -0.05) is 90.6 Å². The molecular weight excluding hydrogens is 404 g/mol. The molecule has 1 fully saturated rings. The lowest BCUT2D eigenvalue weighted by Crippen LogP contribution is -2.29. The van der Waals surface area contributed by atoms with E-state index in [9.17, 15) is 4.79 Å². The van der Waals surface area contributed by atoms with Crippen LogP contribution in [0.25, 0.3) is 17.1 Å². The molecule has 1 N–H and O–H groups in total. The lowest BCUT2D eigenvalue weighted by atomic mass is 10.1. The number of para-hydroxylation sites is 1. The van der Waals surface area contributed by atoms with Gasteiger partial charge in [0.05, 0.1) is 0 Å². The van der Waals surface area contributed by atoms with Crippen LogP contribution in [0.3, 0.4) is 0 Å². The van der Waals surface area contributed by atoms with Gasteiger partial charge in [-0.25, -0.2) is 0 Å². The summed E-state index contributed by atoms with van der Waals surface area (Å²) in [5, 5.41) is 12.4. The number of aromatic nitrogens is 3. The summed E-state index contributed by atoms with van der Waals surface area (Å²) in [5.41, 5.74) is 2.89. The Labute approximate surface area is 185 Å². The first kappa shape index (κ1) is 19.6. The van der Waals surface area contributed by atoms with E-state index in [4.69, 9.17) is 0 Å². The van der Waals surface area contributed by atoms with Gasteiger partial charge in [-0.15, -0.1) is 10.2 Å². The number of hydrogen-bond donors (Lipinski definition) is 1. The van der Waals surface area contributed by atoms with Crippen LogP contribution in [0.2, 0.25) is 0 Å². The summed E-state index contributed by atoms with van der Waals surface area (Å²) < 4.78 is 2.03. The van der Waals surface area contributed by atoms with Crippen molar-refractivity contribution in [2.45, 2.75) is 29.3 Å². The molecule has 0 bridgehead atoms. The first-order valence-electron chi connectivity index (χ1n) is 10.4. The summed E-state index contributed by atoms with van der Waals surface area (Å²) in [6.45, 7) is 0. The van der Waals surface area contributed by atoms with Crippen LogP contribution in [0.15, 0.2) is 96.2 Å². The standard InChI is InChI=1S/C25H22N4OS/c30-24(26-20-16-17-20)22(18-10-4-1-5-11-18)31-25-28-27-23(19-12-6-2-7-13-19)29(25)21-14-8-3-9-15-21/h1-15,20,22H,16-17H2,(H,26,30). The average Bonchev–Trinajstić information content (AvgIpc) is 3.54. The molecule has 5 rings (SSSR count). The molecule has 154 valence electrons. The smallest absolute Gasteiger partial charge is 0.238 e. The predicted octanol–water partition coefficient (Wildman–Crippen LogP) is 5.05. The third-order valence-electron chi connectivity index (χ3n) is 5.17. The van der Waals surface area contributed by atoms with Crippen LogP contribution in [-0.2, 0) is 4.79 Å². The minimum Gasteiger partial charge on any atom is -0.352 e. The van der Waals surface area contributed by atoms with E-state index in [0.29, 0.717) is 11.2 Å². The fourth-order valence-electron chi connectivity index (χ4n) is 3.44. The highest BCUT2D eigenvalue weighted by Crippen LogP contribution is 2.38. The van der Waals surface area contributed by atoms with Gasteiger partial charge in [-0.3, -0.25) is 9.36 Å².